The van der Waals surface area contributed by atoms with E-state index < -0.39 is 6.29 Å². The van der Waals surface area contributed by atoms with Crippen LogP contribution in [0.2, 0.25) is 0 Å². The first-order chi connectivity index (χ1) is 6.81. The van der Waals surface area contributed by atoms with Crippen LogP contribution in [-0.4, -0.2) is 44.4 Å². The van der Waals surface area contributed by atoms with E-state index in [-0.39, 0.29) is 6.61 Å². The predicted molar refractivity (Wildman–Crippen MR) is 54.0 cm³/mol. The number of aliphatic hydroxyl groups is 1. The predicted octanol–water partition coefficient (Wildman–Crippen LogP) is 0.727. The Bertz CT molecular complexity index is 147. The zero-order valence-electron chi connectivity index (χ0n) is 8.35. The standard InChI is InChI=1S/C10H18O4/c1-3-5-12-7-8-14-10(11)9-13-6-4-2/h3-4,10-11H,1-2,5-9H2. The fourth-order valence-electron chi connectivity index (χ4n) is 0.710. The summed E-state index contributed by atoms with van der Waals surface area (Å²) in [5.41, 5.74) is 0. The van der Waals surface area contributed by atoms with Gasteiger partial charge in [-0.25, -0.2) is 0 Å². The van der Waals surface area contributed by atoms with Crippen LogP contribution in [0.3, 0.4) is 0 Å². The molecule has 0 amide bonds. The van der Waals surface area contributed by atoms with Crippen LogP contribution in [0.4, 0.5) is 0 Å². The van der Waals surface area contributed by atoms with Gasteiger partial charge < -0.3 is 19.3 Å². The Balaban J connectivity index is 3.13. The van der Waals surface area contributed by atoms with Crippen LogP contribution in [0.5, 0.6) is 0 Å². The van der Waals surface area contributed by atoms with E-state index in [9.17, 15) is 5.11 Å². The van der Waals surface area contributed by atoms with Gasteiger partial charge in [0.2, 0.25) is 0 Å². The summed E-state index contributed by atoms with van der Waals surface area (Å²) in [6.45, 7) is 8.80. The van der Waals surface area contributed by atoms with Gasteiger partial charge in [-0.15, -0.1) is 13.2 Å². The van der Waals surface area contributed by atoms with Crippen LogP contribution >= 0.6 is 0 Å². The van der Waals surface area contributed by atoms with E-state index in [1.165, 1.54) is 0 Å². The zero-order chi connectivity index (χ0) is 10.6. The summed E-state index contributed by atoms with van der Waals surface area (Å²) in [5.74, 6) is 0. The van der Waals surface area contributed by atoms with Crippen molar-refractivity contribution in [1.29, 1.82) is 0 Å². The van der Waals surface area contributed by atoms with Crippen LogP contribution in [0.1, 0.15) is 0 Å². The van der Waals surface area contributed by atoms with Crippen molar-refractivity contribution in [2.45, 2.75) is 6.29 Å². The van der Waals surface area contributed by atoms with Crippen LogP contribution in [0, 0.1) is 0 Å². The monoisotopic (exact) mass is 202 g/mol. The summed E-state index contributed by atoms with van der Waals surface area (Å²) >= 11 is 0. The van der Waals surface area contributed by atoms with Crippen LogP contribution in [0.25, 0.3) is 0 Å². The Morgan fingerprint density at radius 3 is 2.36 bits per heavy atom. The van der Waals surface area contributed by atoms with Crippen molar-refractivity contribution in [3.63, 3.8) is 0 Å². The lowest BCUT2D eigenvalue weighted by molar-refractivity contribution is -0.142. The SMILES string of the molecule is C=CCOCCOC(O)COCC=C. The molecule has 0 aromatic rings. The van der Waals surface area contributed by atoms with Crippen LogP contribution in [0.15, 0.2) is 25.3 Å². The van der Waals surface area contributed by atoms with Crippen molar-refractivity contribution in [3.8, 4) is 0 Å². The molecule has 4 heteroatoms. The van der Waals surface area contributed by atoms with Gasteiger partial charge in [0.15, 0.2) is 6.29 Å². The van der Waals surface area contributed by atoms with E-state index in [0.717, 1.165) is 0 Å². The maximum absolute atomic E-state index is 9.18. The summed E-state index contributed by atoms with van der Waals surface area (Å²) in [4.78, 5) is 0. The average molecular weight is 202 g/mol. The molecular formula is C10H18O4. The van der Waals surface area contributed by atoms with Crippen molar-refractivity contribution in [3.05, 3.63) is 25.3 Å². The maximum Gasteiger partial charge on any atom is 0.178 e. The molecule has 0 fully saturated rings. The molecule has 1 atom stereocenters. The molecule has 4 nitrogen and oxygen atoms in total. The van der Waals surface area contributed by atoms with Crippen molar-refractivity contribution in [1.82, 2.24) is 0 Å². The molecule has 0 aliphatic carbocycles. The zero-order valence-corrected chi connectivity index (χ0v) is 8.35. The molecule has 1 unspecified atom stereocenters. The Morgan fingerprint density at radius 1 is 1.07 bits per heavy atom. The molecule has 82 valence electrons. The lowest BCUT2D eigenvalue weighted by atomic mass is 10.6. The number of rotatable bonds is 10. The highest BCUT2D eigenvalue weighted by molar-refractivity contribution is 4.64. The minimum atomic E-state index is -0.901. The van der Waals surface area contributed by atoms with E-state index >= 15 is 0 Å². The third kappa shape index (κ3) is 9.41. The van der Waals surface area contributed by atoms with Gasteiger partial charge in [0.05, 0.1) is 33.0 Å². The third-order valence-corrected chi connectivity index (χ3v) is 1.27. The van der Waals surface area contributed by atoms with Gasteiger partial charge in [0, 0.05) is 0 Å². The highest BCUT2D eigenvalue weighted by atomic mass is 16.6. The Hall–Kier alpha value is -0.680. The minimum Gasteiger partial charge on any atom is -0.375 e. The molecule has 0 heterocycles. The molecule has 0 aromatic carbocycles. The summed E-state index contributed by atoms with van der Waals surface area (Å²) in [7, 11) is 0. The highest BCUT2D eigenvalue weighted by Crippen LogP contribution is 1.89. The van der Waals surface area contributed by atoms with Gasteiger partial charge in [-0.3, -0.25) is 0 Å². The molecule has 14 heavy (non-hydrogen) atoms. The molecule has 1 N–H and O–H groups in total. The number of aliphatic hydroxyl groups excluding tert-OH is 1. The number of hydrogen-bond acceptors (Lipinski definition) is 4. The first kappa shape index (κ1) is 13.3. The molecule has 0 aliphatic heterocycles. The number of ether oxygens (including phenoxy) is 3. The molecule has 0 aromatic heterocycles. The fraction of sp³-hybridized carbons (Fsp3) is 0.600. The topological polar surface area (TPSA) is 47.9 Å². The Morgan fingerprint density at radius 2 is 1.71 bits per heavy atom. The molecule has 0 aliphatic rings. The second-order valence-corrected chi connectivity index (χ2v) is 2.52. The van der Waals surface area contributed by atoms with Gasteiger partial charge in [0.1, 0.15) is 0 Å². The molecule has 0 radical (unpaired) electrons. The Kier molecular flexibility index (Phi) is 9.90. The van der Waals surface area contributed by atoms with Crippen molar-refractivity contribution in [2.24, 2.45) is 0 Å². The second kappa shape index (κ2) is 10.4. The van der Waals surface area contributed by atoms with E-state index in [0.29, 0.717) is 26.4 Å². The van der Waals surface area contributed by atoms with Gasteiger partial charge in [-0.1, -0.05) is 12.2 Å². The average Bonchev–Trinajstić information content (AvgIpc) is 2.18. The molecule has 0 rings (SSSR count). The second-order valence-electron chi connectivity index (χ2n) is 2.52. The van der Waals surface area contributed by atoms with E-state index in [4.69, 9.17) is 14.2 Å². The van der Waals surface area contributed by atoms with Crippen molar-refractivity contribution in [2.75, 3.05) is 33.0 Å². The molecule has 0 saturated carbocycles. The minimum absolute atomic E-state index is 0.146. The van der Waals surface area contributed by atoms with Gasteiger partial charge >= 0.3 is 0 Å². The van der Waals surface area contributed by atoms with Crippen LogP contribution < -0.4 is 0 Å². The summed E-state index contributed by atoms with van der Waals surface area (Å²) in [5, 5.41) is 9.18. The fourth-order valence-corrected chi connectivity index (χ4v) is 0.710. The lowest BCUT2D eigenvalue weighted by Gasteiger charge is -2.11. The molecule has 0 spiro atoms. The van der Waals surface area contributed by atoms with Gasteiger partial charge in [-0.05, 0) is 0 Å². The quantitative estimate of drug-likeness (QED) is 0.322. The normalized spacial score (nSPS) is 12.4. The lowest BCUT2D eigenvalue weighted by Crippen LogP contribution is -2.21. The Labute approximate surface area is 84.8 Å². The summed E-state index contributed by atoms with van der Waals surface area (Å²) < 4.78 is 15.0. The summed E-state index contributed by atoms with van der Waals surface area (Å²) in [6, 6.07) is 0. The van der Waals surface area contributed by atoms with Gasteiger partial charge in [-0.2, -0.15) is 0 Å². The highest BCUT2D eigenvalue weighted by Gasteiger charge is 2.02. The molecule has 0 bridgehead atoms. The largest absolute Gasteiger partial charge is 0.375 e. The van der Waals surface area contributed by atoms with E-state index in [1.807, 2.05) is 0 Å². The first-order valence-corrected chi connectivity index (χ1v) is 4.48. The van der Waals surface area contributed by atoms with Crippen molar-refractivity contribution >= 4 is 0 Å². The maximum atomic E-state index is 9.18. The van der Waals surface area contributed by atoms with Gasteiger partial charge in [0.25, 0.3) is 0 Å². The first-order valence-electron chi connectivity index (χ1n) is 4.48. The third-order valence-electron chi connectivity index (χ3n) is 1.27. The molecule has 0 saturated heterocycles. The van der Waals surface area contributed by atoms with Crippen molar-refractivity contribution < 1.29 is 19.3 Å². The number of hydrogen-bond donors (Lipinski definition) is 1. The summed E-state index contributed by atoms with van der Waals surface area (Å²) in [6.07, 6.45) is 2.37. The smallest absolute Gasteiger partial charge is 0.178 e. The molecular weight excluding hydrogens is 184 g/mol. The van der Waals surface area contributed by atoms with Crippen LogP contribution in [-0.2, 0) is 14.2 Å². The van der Waals surface area contributed by atoms with E-state index in [1.54, 1.807) is 12.2 Å². The van der Waals surface area contributed by atoms with E-state index in [2.05, 4.69) is 13.2 Å².